The van der Waals surface area contributed by atoms with Crippen molar-refractivity contribution in [2.45, 2.75) is 0 Å². The minimum Gasteiger partial charge on any atom is -0.497 e. The number of hydrogen-bond donors (Lipinski definition) is 1. The third kappa shape index (κ3) is 1.92. The number of ether oxygens (including phenoxy) is 1. The Morgan fingerprint density at radius 3 is 2.80 bits per heavy atom. The Morgan fingerprint density at radius 1 is 1.30 bits per heavy atom. The Kier molecular flexibility index (Phi) is 3.10. The van der Waals surface area contributed by atoms with Crippen LogP contribution in [0, 0.1) is 5.82 Å². The lowest BCUT2D eigenvalue weighted by atomic mass is 10.2. The lowest BCUT2D eigenvalue weighted by molar-refractivity contribution is 0.415. The first-order valence-corrected chi connectivity index (χ1v) is 6.67. The molecule has 0 saturated heterocycles. The molecule has 3 rings (SSSR count). The van der Waals surface area contributed by atoms with Crippen LogP contribution in [0.4, 0.5) is 10.3 Å². The van der Waals surface area contributed by atoms with E-state index in [1.165, 1.54) is 6.07 Å². The van der Waals surface area contributed by atoms with Crippen LogP contribution in [0.15, 0.2) is 40.9 Å². The van der Waals surface area contributed by atoms with Crippen LogP contribution in [0.2, 0.25) is 0 Å². The summed E-state index contributed by atoms with van der Waals surface area (Å²) in [7, 11) is 1.58. The van der Waals surface area contributed by atoms with Gasteiger partial charge in [-0.1, -0.05) is 6.07 Å². The second-order valence-electron chi connectivity index (χ2n) is 4.23. The average Bonchev–Trinajstić information content (AvgIpc) is 2.74. The molecule has 0 amide bonds. The average molecular weight is 336 g/mol. The standard InChI is InChI=1S/C14H11BrFN3O/c1-20-8-5-6-12-11(7-8)18-14(17)19(12)13-9(15)3-2-4-10(13)16/h2-7H,1H3,(H2,17,18). The fourth-order valence-electron chi connectivity index (χ4n) is 2.14. The zero-order valence-corrected chi connectivity index (χ0v) is 12.2. The van der Waals surface area contributed by atoms with Crippen molar-refractivity contribution in [2.24, 2.45) is 0 Å². The van der Waals surface area contributed by atoms with Gasteiger partial charge in [-0.05, 0) is 40.2 Å². The molecule has 2 N–H and O–H groups in total. The summed E-state index contributed by atoms with van der Waals surface area (Å²) in [5, 5.41) is 0. The van der Waals surface area contributed by atoms with Crippen molar-refractivity contribution in [2.75, 3.05) is 12.8 Å². The number of para-hydroxylation sites is 1. The smallest absolute Gasteiger partial charge is 0.206 e. The third-order valence-corrected chi connectivity index (χ3v) is 3.69. The summed E-state index contributed by atoms with van der Waals surface area (Å²) < 4.78 is 21.4. The zero-order chi connectivity index (χ0) is 14.3. The monoisotopic (exact) mass is 335 g/mol. The van der Waals surface area contributed by atoms with E-state index in [-0.39, 0.29) is 11.8 Å². The topological polar surface area (TPSA) is 53.1 Å². The predicted octanol–water partition coefficient (Wildman–Crippen LogP) is 3.52. The van der Waals surface area contributed by atoms with Gasteiger partial charge in [-0.2, -0.15) is 0 Å². The first-order chi connectivity index (χ1) is 9.61. The van der Waals surface area contributed by atoms with Crippen molar-refractivity contribution in [1.82, 2.24) is 9.55 Å². The fourth-order valence-corrected chi connectivity index (χ4v) is 2.66. The molecule has 0 aliphatic carbocycles. The van der Waals surface area contributed by atoms with Crippen LogP contribution in [0.1, 0.15) is 0 Å². The van der Waals surface area contributed by atoms with Gasteiger partial charge in [0.15, 0.2) is 0 Å². The minimum absolute atomic E-state index is 0.221. The van der Waals surface area contributed by atoms with Gasteiger partial charge in [0.05, 0.1) is 23.8 Å². The lowest BCUT2D eigenvalue weighted by Gasteiger charge is -2.10. The maximum absolute atomic E-state index is 14.1. The molecule has 0 unspecified atom stereocenters. The summed E-state index contributed by atoms with van der Waals surface area (Å²) >= 11 is 3.35. The predicted molar refractivity (Wildman–Crippen MR) is 79.7 cm³/mol. The summed E-state index contributed by atoms with van der Waals surface area (Å²) in [5.74, 6) is 0.523. The van der Waals surface area contributed by atoms with Crippen LogP contribution < -0.4 is 10.5 Å². The molecule has 0 saturated carbocycles. The second kappa shape index (κ2) is 4.79. The van der Waals surface area contributed by atoms with Gasteiger partial charge in [0.1, 0.15) is 11.6 Å². The molecular weight excluding hydrogens is 325 g/mol. The normalized spacial score (nSPS) is 10.9. The Labute approximate surface area is 123 Å². The Hall–Kier alpha value is -2.08. The number of imidazole rings is 1. The number of fused-ring (bicyclic) bond motifs is 1. The van der Waals surface area contributed by atoms with E-state index >= 15 is 0 Å². The fraction of sp³-hybridized carbons (Fsp3) is 0.0714. The van der Waals surface area contributed by atoms with Gasteiger partial charge in [-0.25, -0.2) is 9.37 Å². The van der Waals surface area contributed by atoms with E-state index in [0.717, 1.165) is 0 Å². The number of methoxy groups -OCH3 is 1. The van der Waals surface area contributed by atoms with Crippen LogP contribution in [0.5, 0.6) is 5.75 Å². The molecule has 20 heavy (non-hydrogen) atoms. The minimum atomic E-state index is -0.374. The summed E-state index contributed by atoms with van der Waals surface area (Å²) in [4.78, 5) is 4.25. The number of nitrogens with zero attached hydrogens (tertiary/aromatic N) is 2. The largest absolute Gasteiger partial charge is 0.497 e. The van der Waals surface area contributed by atoms with E-state index in [0.29, 0.717) is 26.9 Å². The molecule has 3 aromatic rings. The van der Waals surface area contributed by atoms with Crippen LogP contribution >= 0.6 is 15.9 Å². The molecule has 0 atom stereocenters. The van der Waals surface area contributed by atoms with Crippen LogP contribution in [-0.4, -0.2) is 16.7 Å². The zero-order valence-electron chi connectivity index (χ0n) is 10.6. The Bertz CT molecular complexity index is 780. The summed E-state index contributed by atoms with van der Waals surface area (Å²) in [6, 6.07) is 10.1. The Morgan fingerprint density at radius 2 is 2.10 bits per heavy atom. The van der Waals surface area contributed by atoms with Gasteiger partial charge in [0.2, 0.25) is 5.95 Å². The SMILES string of the molecule is COc1ccc2c(c1)nc(N)n2-c1c(F)cccc1Br. The van der Waals surface area contributed by atoms with Crippen molar-refractivity contribution in [1.29, 1.82) is 0 Å². The molecule has 0 spiro atoms. The molecule has 102 valence electrons. The number of aromatic nitrogens is 2. The number of halogens is 2. The van der Waals surface area contributed by atoms with E-state index in [1.807, 2.05) is 0 Å². The van der Waals surface area contributed by atoms with Gasteiger partial charge >= 0.3 is 0 Å². The number of nitrogen functional groups attached to an aromatic ring is 1. The Balaban J connectivity index is 2.34. The summed E-state index contributed by atoms with van der Waals surface area (Å²) in [5.41, 5.74) is 7.65. The maximum atomic E-state index is 14.1. The molecule has 0 aliphatic rings. The highest BCUT2D eigenvalue weighted by Gasteiger charge is 2.16. The molecule has 0 radical (unpaired) electrons. The van der Waals surface area contributed by atoms with E-state index < -0.39 is 0 Å². The van der Waals surface area contributed by atoms with Gasteiger partial charge in [-0.3, -0.25) is 4.57 Å². The lowest BCUT2D eigenvalue weighted by Crippen LogP contribution is -2.03. The molecule has 0 aliphatic heterocycles. The molecule has 1 aromatic heterocycles. The number of hydrogen-bond acceptors (Lipinski definition) is 3. The van der Waals surface area contributed by atoms with E-state index in [1.54, 1.807) is 42.0 Å². The molecular formula is C14H11BrFN3O. The van der Waals surface area contributed by atoms with Gasteiger partial charge in [0, 0.05) is 10.5 Å². The van der Waals surface area contributed by atoms with Crippen molar-refractivity contribution < 1.29 is 9.13 Å². The van der Waals surface area contributed by atoms with E-state index in [9.17, 15) is 4.39 Å². The summed E-state index contributed by atoms with van der Waals surface area (Å²) in [6.45, 7) is 0. The first-order valence-electron chi connectivity index (χ1n) is 5.88. The van der Waals surface area contributed by atoms with Gasteiger partial charge in [-0.15, -0.1) is 0 Å². The first kappa shape index (κ1) is 12.9. The van der Waals surface area contributed by atoms with Gasteiger partial charge < -0.3 is 10.5 Å². The third-order valence-electron chi connectivity index (χ3n) is 3.05. The number of nitrogens with two attached hydrogens (primary N) is 1. The quantitative estimate of drug-likeness (QED) is 0.779. The van der Waals surface area contributed by atoms with Gasteiger partial charge in [0.25, 0.3) is 0 Å². The second-order valence-corrected chi connectivity index (χ2v) is 5.08. The van der Waals surface area contributed by atoms with Crippen molar-refractivity contribution in [3.63, 3.8) is 0 Å². The molecule has 2 aromatic carbocycles. The van der Waals surface area contributed by atoms with E-state index in [2.05, 4.69) is 20.9 Å². The number of benzene rings is 2. The van der Waals surface area contributed by atoms with Crippen LogP contribution in [-0.2, 0) is 0 Å². The molecule has 0 fully saturated rings. The molecule has 0 bridgehead atoms. The van der Waals surface area contributed by atoms with Crippen LogP contribution in [0.25, 0.3) is 16.7 Å². The van der Waals surface area contributed by atoms with Crippen LogP contribution in [0.3, 0.4) is 0 Å². The highest BCUT2D eigenvalue weighted by atomic mass is 79.9. The number of anilines is 1. The summed E-state index contributed by atoms with van der Waals surface area (Å²) in [6.07, 6.45) is 0. The molecule has 1 heterocycles. The van der Waals surface area contributed by atoms with E-state index in [4.69, 9.17) is 10.5 Å². The van der Waals surface area contributed by atoms with Crippen molar-refractivity contribution in [3.05, 3.63) is 46.7 Å². The highest BCUT2D eigenvalue weighted by molar-refractivity contribution is 9.10. The number of rotatable bonds is 2. The molecule has 6 heteroatoms. The van der Waals surface area contributed by atoms with Crippen molar-refractivity contribution in [3.8, 4) is 11.4 Å². The van der Waals surface area contributed by atoms with Crippen molar-refractivity contribution >= 4 is 32.9 Å². The highest BCUT2D eigenvalue weighted by Crippen LogP contribution is 2.31. The maximum Gasteiger partial charge on any atom is 0.206 e. The molecule has 4 nitrogen and oxygen atoms in total.